The van der Waals surface area contributed by atoms with Gasteiger partial charge in [0.2, 0.25) is 0 Å². The van der Waals surface area contributed by atoms with E-state index in [-0.39, 0.29) is 12.2 Å². The van der Waals surface area contributed by atoms with Crippen molar-refractivity contribution in [2.75, 3.05) is 13.2 Å². The van der Waals surface area contributed by atoms with Gasteiger partial charge in [0.25, 0.3) is 0 Å². The molecule has 0 fully saturated rings. The minimum Gasteiger partial charge on any atom is -0.494 e. The van der Waals surface area contributed by atoms with Gasteiger partial charge in [0.05, 0.1) is 18.8 Å². The zero-order valence-electron chi connectivity index (χ0n) is 12.1. The van der Waals surface area contributed by atoms with Crippen LogP contribution in [-0.4, -0.2) is 24.3 Å². The molecule has 0 aliphatic heterocycles. The van der Waals surface area contributed by atoms with Crippen LogP contribution >= 0.6 is 0 Å². The van der Waals surface area contributed by atoms with E-state index in [2.05, 4.69) is 13.5 Å². The van der Waals surface area contributed by atoms with Gasteiger partial charge in [-0.15, -0.1) is 0 Å². The summed E-state index contributed by atoms with van der Waals surface area (Å²) in [5.41, 5.74) is 0.623. The molecule has 4 heteroatoms. The van der Waals surface area contributed by atoms with Crippen LogP contribution in [0.4, 0.5) is 0 Å². The molecule has 110 valence electrons. The van der Waals surface area contributed by atoms with Crippen molar-refractivity contribution in [1.82, 2.24) is 0 Å². The Kier molecular flexibility index (Phi) is 6.81. The number of aliphatic hydroxyl groups excluding tert-OH is 1. The first kappa shape index (κ1) is 16.2. The molecule has 0 radical (unpaired) electrons. The summed E-state index contributed by atoms with van der Waals surface area (Å²) in [6.07, 6.45) is 1.03. The van der Waals surface area contributed by atoms with Crippen LogP contribution in [0, 0.1) is 0 Å². The number of benzene rings is 1. The molecule has 1 aromatic rings. The first-order valence-electron chi connectivity index (χ1n) is 6.86. The maximum absolute atomic E-state index is 11.5. The number of rotatable bonds is 8. The van der Waals surface area contributed by atoms with Crippen molar-refractivity contribution in [3.05, 3.63) is 42.0 Å². The van der Waals surface area contributed by atoms with Gasteiger partial charge in [0.1, 0.15) is 11.9 Å². The average Bonchev–Trinajstić information content (AvgIpc) is 2.47. The van der Waals surface area contributed by atoms with Crippen LogP contribution in [0.2, 0.25) is 0 Å². The predicted octanol–water partition coefficient (Wildman–Crippen LogP) is 3.02. The van der Waals surface area contributed by atoms with Crippen LogP contribution in [0.5, 0.6) is 5.75 Å². The summed E-state index contributed by atoms with van der Waals surface area (Å²) < 4.78 is 10.3. The highest BCUT2D eigenvalue weighted by Crippen LogP contribution is 2.23. The molecule has 0 aliphatic rings. The molecule has 0 bridgehead atoms. The van der Waals surface area contributed by atoms with E-state index in [1.165, 1.54) is 0 Å². The number of carbonyl (C=O) groups excluding carboxylic acids is 1. The Bertz CT molecular complexity index is 436. The lowest BCUT2D eigenvalue weighted by molar-refractivity contribution is -0.139. The quantitative estimate of drug-likeness (QED) is 0.451. The molecule has 1 N–H and O–H groups in total. The lowest BCUT2D eigenvalue weighted by Gasteiger charge is -2.13. The Morgan fingerprint density at radius 1 is 1.30 bits per heavy atom. The summed E-state index contributed by atoms with van der Waals surface area (Å²) in [6, 6.07) is 6.98. The van der Waals surface area contributed by atoms with Crippen LogP contribution in [0.15, 0.2) is 36.4 Å². The van der Waals surface area contributed by atoms with Gasteiger partial charge in [0.15, 0.2) is 0 Å². The maximum Gasteiger partial charge on any atom is 0.336 e. The molecule has 1 rings (SSSR count). The largest absolute Gasteiger partial charge is 0.494 e. The zero-order chi connectivity index (χ0) is 15.0. The lowest BCUT2D eigenvalue weighted by Crippen LogP contribution is -2.13. The van der Waals surface area contributed by atoms with E-state index in [0.717, 1.165) is 18.6 Å². The van der Waals surface area contributed by atoms with Crippen molar-refractivity contribution in [1.29, 1.82) is 0 Å². The Labute approximate surface area is 120 Å². The molecule has 1 atom stereocenters. The van der Waals surface area contributed by atoms with Gasteiger partial charge in [-0.2, -0.15) is 0 Å². The Balaban J connectivity index is 2.63. The van der Waals surface area contributed by atoms with Gasteiger partial charge in [-0.05, 0) is 31.0 Å². The van der Waals surface area contributed by atoms with Gasteiger partial charge in [-0.25, -0.2) is 4.79 Å². The number of aliphatic hydroxyl groups is 1. The van der Waals surface area contributed by atoms with Gasteiger partial charge < -0.3 is 14.6 Å². The molecule has 4 nitrogen and oxygen atoms in total. The van der Waals surface area contributed by atoms with Crippen molar-refractivity contribution >= 4 is 5.97 Å². The third kappa shape index (κ3) is 4.70. The molecule has 0 aromatic heterocycles. The van der Waals surface area contributed by atoms with Gasteiger partial charge in [0, 0.05) is 0 Å². The second kappa shape index (κ2) is 8.38. The highest BCUT2D eigenvalue weighted by Gasteiger charge is 2.19. The number of hydrogen-bond acceptors (Lipinski definition) is 4. The van der Waals surface area contributed by atoms with Crippen molar-refractivity contribution < 1.29 is 19.4 Å². The number of hydrogen-bond donors (Lipinski definition) is 1. The minimum atomic E-state index is -1.06. The number of carbonyl (C=O) groups is 1. The van der Waals surface area contributed by atoms with E-state index in [9.17, 15) is 9.90 Å². The zero-order valence-corrected chi connectivity index (χ0v) is 12.1. The standard InChI is InChI=1S/C16H22O4/c1-4-6-11-20-14-9-7-13(8-10-14)15(17)12(3)16(18)19-5-2/h7-10,15,17H,3-6,11H2,1-2H3. The number of ether oxygens (including phenoxy) is 2. The number of unbranched alkanes of at least 4 members (excludes halogenated alkanes) is 1. The molecule has 0 saturated carbocycles. The van der Waals surface area contributed by atoms with Crippen LogP contribution in [0.3, 0.4) is 0 Å². The Morgan fingerprint density at radius 2 is 1.95 bits per heavy atom. The van der Waals surface area contributed by atoms with E-state index < -0.39 is 12.1 Å². The maximum atomic E-state index is 11.5. The third-order valence-corrected chi connectivity index (χ3v) is 2.83. The molecular formula is C16H22O4. The first-order chi connectivity index (χ1) is 9.60. The molecule has 0 amide bonds. The van der Waals surface area contributed by atoms with Crippen molar-refractivity contribution in [3.8, 4) is 5.75 Å². The second-order valence-corrected chi connectivity index (χ2v) is 4.42. The van der Waals surface area contributed by atoms with E-state index in [1.54, 1.807) is 31.2 Å². The van der Waals surface area contributed by atoms with Crippen LogP contribution in [0.1, 0.15) is 38.4 Å². The molecular weight excluding hydrogens is 256 g/mol. The van der Waals surface area contributed by atoms with E-state index in [0.29, 0.717) is 12.2 Å². The monoisotopic (exact) mass is 278 g/mol. The minimum absolute atomic E-state index is 0.0338. The van der Waals surface area contributed by atoms with Gasteiger partial charge >= 0.3 is 5.97 Å². The van der Waals surface area contributed by atoms with Crippen LogP contribution in [-0.2, 0) is 9.53 Å². The summed E-state index contributed by atoms with van der Waals surface area (Å²) in [5, 5.41) is 10.0. The summed E-state index contributed by atoms with van der Waals surface area (Å²) in [6.45, 7) is 8.32. The molecule has 0 aliphatic carbocycles. The fourth-order valence-corrected chi connectivity index (χ4v) is 1.62. The summed E-state index contributed by atoms with van der Waals surface area (Å²) in [7, 11) is 0. The normalized spacial score (nSPS) is 11.8. The highest BCUT2D eigenvalue weighted by molar-refractivity contribution is 5.89. The number of esters is 1. The van der Waals surface area contributed by atoms with E-state index in [1.807, 2.05) is 0 Å². The Morgan fingerprint density at radius 3 is 2.50 bits per heavy atom. The van der Waals surface area contributed by atoms with Crippen molar-refractivity contribution in [2.24, 2.45) is 0 Å². The summed E-state index contributed by atoms with van der Waals surface area (Å²) in [5.74, 6) is 0.166. The molecule has 1 unspecified atom stereocenters. The van der Waals surface area contributed by atoms with Crippen LogP contribution in [0.25, 0.3) is 0 Å². The predicted molar refractivity (Wildman–Crippen MR) is 77.6 cm³/mol. The Hall–Kier alpha value is -1.81. The smallest absolute Gasteiger partial charge is 0.336 e. The topological polar surface area (TPSA) is 55.8 Å². The van der Waals surface area contributed by atoms with Gasteiger partial charge in [-0.3, -0.25) is 0 Å². The van der Waals surface area contributed by atoms with E-state index >= 15 is 0 Å². The second-order valence-electron chi connectivity index (χ2n) is 4.42. The highest BCUT2D eigenvalue weighted by atomic mass is 16.5. The molecule has 0 spiro atoms. The molecule has 0 heterocycles. The molecule has 0 saturated heterocycles. The van der Waals surface area contributed by atoms with E-state index in [4.69, 9.17) is 9.47 Å². The van der Waals surface area contributed by atoms with Gasteiger partial charge in [-0.1, -0.05) is 32.1 Å². The molecule has 20 heavy (non-hydrogen) atoms. The van der Waals surface area contributed by atoms with Crippen LogP contribution < -0.4 is 4.74 Å². The summed E-state index contributed by atoms with van der Waals surface area (Å²) in [4.78, 5) is 11.5. The lowest BCUT2D eigenvalue weighted by atomic mass is 10.0. The van der Waals surface area contributed by atoms with Crippen molar-refractivity contribution in [2.45, 2.75) is 32.8 Å². The third-order valence-electron chi connectivity index (χ3n) is 2.83. The fraction of sp³-hybridized carbons (Fsp3) is 0.438. The SMILES string of the molecule is C=C(C(=O)OCC)C(O)c1ccc(OCCCC)cc1. The average molecular weight is 278 g/mol. The first-order valence-corrected chi connectivity index (χ1v) is 6.86. The van der Waals surface area contributed by atoms with Crippen molar-refractivity contribution in [3.63, 3.8) is 0 Å². The fourth-order valence-electron chi connectivity index (χ4n) is 1.62. The molecule has 1 aromatic carbocycles. The summed E-state index contributed by atoms with van der Waals surface area (Å²) >= 11 is 0.